The summed E-state index contributed by atoms with van der Waals surface area (Å²) in [5.74, 6) is 2.92. The van der Waals surface area contributed by atoms with Gasteiger partial charge in [0, 0.05) is 0 Å². The van der Waals surface area contributed by atoms with Gasteiger partial charge in [-0.2, -0.15) is 0 Å². The van der Waals surface area contributed by atoms with E-state index in [4.69, 9.17) is 0 Å². The van der Waals surface area contributed by atoms with E-state index >= 15 is 0 Å². The van der Waals surface area contributed by atoms with Crippen LogP contribution in [0.25, 0.3) is 0 Å². The lowest BCUT2D eigenvalue weighted by Crippen LogP contribution is -2.17. The molecule has 0 radical (unpaired) electrons. The molecule has 2 aliphatic carbocycles. The predicted molar refractivity (Wildman–Crippen MR) is 57.6 cm³/mol. The van der Waals surface area contributed by atoms with Gasteiger partial charge in [-0.15, -0.1) is 0 Å². The summed E-state index contributed by atoms with van der Waals surface area (Å²) in [6, 6.07) is 0. The van der Waals surface area contributed by atoms with Gasteiger partial charge in [0.2, 0.25) is 0 Å². The molecule has 74 valence electrons. The second kappa shape index (κ2) is 3.86. The molecule has 1 saturated carbocycles. The number of rotatable bonds is 1. The van der Waals surface area contributed by atoms with Crippen molar-refractivity contribution in [3.63, 3.8) is 0 Å². The van der Waals surface area contributed by atoms with Crippen LogP contribution in [0.4, 0.5) is 0 Å². The molecule has 0 aromatic rings. The molecule has 1 fully saturated rings. The monoisotopic (exact) mass is 178 g/mol. The number of allylic oxidation sites excluding steroid dienone is 2. The molecule has 0 N–H and O–H groups in total. The summed E-state index contributed by atoms with van der Waals surface area (Å²) in [5, 5.41) is 0. The third-order valence-corrected chi connectivity index (χ3v) is 3.85. The molecular weight excluding hydrogens is 156 g/mol. The lowest BCUT2D eigenvalue weighted by molar-refractivity contribution is 0.312. The highest BCUT2D eigenvalue weighted by Crippen LogP contribution is 2.39. The molecule has 2 unspecified atom stereocenters. The van der Waals surface area contributed by atoms with Crippen LogP contribution in [0.15, 0.2) is 11.6 Å². The summed E-state index contributed by atoms with van der Waals surface area (Å²) < 4.78 is 0. The first-order valence-electron chi connectivity index (χ1n) is 5.93. The summed E-state index contributed by atoms with van der Waals surface area (Å²) in [4.78, 5) is 0. The van der Waals surface area contributed by atoms with E-state index in [1.165, 1.54) is 38.5 Å². The minimum absolute atomic E-state index is 0.936. The van der Waals surface area contributed by atoms with Gasteiger partial charge in [0.05, 0.1) is 0 Å². The Morgan fingerprint density at radius 1 is 1.23 bits per heavy atom. The molecule has 0 aliphatic heterocycles. The van der Waals surface area contributed by atoms with Crippen molar-refractivity contribution in [1.82, 2.24) is 0 Å². The van der Waals surface area contributed by atoms with E-state index in [0.29, 0.717) is 0 Å². The molecule has 0 heteroatoms. The molecule has 0 amide bonds. The van der Waals surface area contributed by atoms with Crippen LogP contribution in [0.1, 0.15) is 52.4 Å². The molecule has 2 aliphatic rings. The van der Waals surface area contributed by atoms with E-state index in [1.54, 1.807) is 5.57 Å². The Hall–Kier alpha value is -0.260. The Balaban J connectivity index is 2.01. The van der Waals surface area contributed by atoms with Crippen molar-refractivity contribution in [3.8, 4) is 0 Å². The van der Waals surface area contributed by atoms with Crippen molar-refractivity contribution < 1.29 is 0 Å². The smallest absolute Gasteiger partial charge is 0.0200 e. The third-order valence-electron chi connectivity index (χ3n) is 3.85. The predicted octanol–water partition coefficient (Wildman–Crippen LogP) is 4.17. The van der Waals surface area contributed by atoms with Gasteiger partial charge in [0.25, 0.3) is 0 Å². The van der Waals surface area contributed by atoms with Crippen LogP contribution in [-0.2, 0) is 0 Å². The normalized spacial score (nSPS) is 36.3. The fourth-order valence-corrected chi connectivity index (χ4v) is 3.31. The maximum absolute atomic E-state index is 2.58. The lowest BCUT2D eigenvalue weighted by Gasteiger charge is -2.29. The third kappa shape index (κ3) is 2.15. The van der Waals surface area contributed by atoms with E-state index in [-0.39, 0.29) is 0 Å². The molecule has 2 atom stereocenters. The van der Waals surface area contributed by atoms with Gasteiger partial charge in [-0.1, -0.05) is 31.4 Å². The number of hydrogen-bond donors (Lipinski definition) is 0. The largest absolute Gasteiger partial charge is 0.0822 e. The molecule has 13 heavy (non-hydrogen) atoms. The summed E-state index contributed by atoms with van der Waals surface area (Å²) >= 11 is 0. The summed E-state index contributed by atoms with van der Waals surface area (Å²) in [6.45, 7) is 4.73. The first-order chi connectivity index (χ1) is 6.25. The highest BCUT2D eigenvalue weighted by atomic mass is 14.3. The second-order valence-electron chi connectivity index (χ2n) is 5.27. The minimum Gasteiger partial charge on any atom is -0.0822 e. The van der Waals surface area contributed by atoms with E-state index in [9.17, 15) is 0 Å². The van der Waals surface area contributed by atoms with E-state index in [1.807, 2.05) is 0 Å². The van der Waals surface area contributed by atoms with E-state index in [0.717, 1.165) is 17.8 Å². The molecule has 0 heterocycles. The lowest BCUT2D eigenvalue weighted by atomic mass is 9.77. The summed E-state index contributed by atoms with van der Waals surface area (Å²) in [6.07, 6.45) is 11.4. The fraction of sp³-hybridized carbons (Fsp3) is 0.846. The van der Waals surface area contributed by atoms with Crippen LogP contribution < -0.4 is 0 Å². The Morgan fingerprint density at radius 3 is 2.54 bits per heavy atom. The highest BCUT2D eigenvalue weighted by Gasteiger charge is 2.27. The van der Waals surface area contributed by atoms with Gasteiger partial charge in [-0.3, -0.25) is 0 Å². The van der Waals surface area contributed by atoms with Crippen LogP contribution in [-0.4, -0.2) is 0 Å². The zero-order valence-electron chi connectivity index (χ0n) is 9.05. The van der Waals surface area contributed by atoms with Crippen LogP contribution >= 0.6 is 0 Å². The highest BCUT2D eigenvalue weighted by molar-refractivity contribution is 5.08. The molecule has 0 aromatic heterocycles. The zero-order chi connectivity index (χ0) is 9.26. The maximum Gasteiger partial charge on any atom is -0.0200 e. The minimum atomic E-state index is 0.936. The number of hydrogen-bond acceptors (Lipinski definition) is 0. The Bertz CT molecular complexity index is 196. The van der Waals surface area contributed by atoms with Crippen molar-refractivity contribution in [1.29, 1.82) is 0 Å². The topological polar surface area (TPSA) is 0 Å². The van der Waals surface area contributed by atoms with Crippen molar-refractivity contribution in [2.75, 3.05) is 0 Å². The van der Waals surface area contributed by atoms with Crippen LogP contribution in [0.3, 0.4) is 0 Å². The molecule has 0 saturated heterocycles. The van der Waals surface area contributed by atoms with Gasteiger partial charge in [-0.25, -0.2) is 0 Å². The Morgan fingerprint density at radius 2 is 1.92 bits per heavy atom. The Kier molecular flexibility index (Phi) is 2.76. The van der Waals surface area contributed by atoms with E-state index in [2.05, 4.69) is 19.9 Å². The van der Waals surface area contributed by atoms with Gasteiger partial charge >= 0.3 is 0 Å². The van der Waals surface area contributed by atoms with Gasteiger partial charge in [0.15, 0.2) is 0 Å². The van der Waals surface area contributed by atoms with Crippen molar-refractivity contribution in [3.05, 3.63) is 11.6 Å². The average molecular weight is 178 g/mol. The first kappa shape index (κ1) is 9.30. The van der Waals surface area contributed by atoms with Crippen LogP contribution in [0.5, 0.6) is 0 Å². The van der Waals surface area contributed by atoms with E-state index < -0.39 is 0 Å². The summed E-state index contributed by atoms with van der Waals surface area (Å²) in [5.41, 5.74) is 1.65. The van der Waals surface area contributed by atoms with Gasteiger partial charge in [-0.05, 0) is 50.4 Å². The zero-order valence-corrected chi connectivity index (χ0v) is 9.05. The van der Waals surface area contributed by atoms with Crippen LogP contribution in [0.2, 0.25) is 0 Å². The quantitative estimate of drug-likeness (QED) is 0.529. The fourth-order valence-electron chi connectivity index (χ4n) is 3.31. The van der Waals surface area contributed by atoms with Crippen molar-refractivity contribution in [2.24, 2.45) is 17.8 Å². The molecular formula is C13H22. The first-order valence-corrected chi connectivity index (χ1v) is 5.93. The van der Waals surface area contributed by atoms with Crippen molar-refractivity contribution >= 4 is 0 Å². The van der Waals surface area contributed by atoms with Crippen LogP contribution in [0, 0.1) is 17.8 Å². The van der Waals surface area contributed by atoms with Gasteiger partial charge < -0.3 is 0 Å². The van der Waals surface area contributed by atoms with Crippen molar-refractivity contribution in [2.45, 2.75) is 52.4 Å². The standard InChI is InChI=1S/C13H22/c1-10-7-11(2)9-13(8-10)12-5-3-4-6-12/h8,11-13H,3-7,9H2,1-2H3. The average Bonchev–Trinajstić information content (AvgIpc) is 2.53. The molecule has 0 nitrogen and oxygen atoms in total. The molecule has 0 spiro atoms. The maximum atomic E-state index is 2.58. The molecule has 0 bridgehead atoms. The van der Waals surface area contributed by atoms with Gasteiger partial charge in [0.1, 0.15) is 0 Å². The SMILES string of the molecule is CC1=CC(C2CCCC2)CC(C)C1. The molecule has 0 aromatic carbocycles. The second-order valence-corrected chi connectivity index (χ2v) is 5.27. The Labute approximate surface area is 82.4 Å². The summed E-state index contributed by atoms with van der Waals surface area (Å²) in [7, 11) is 0. The molecule has 2 rings (SSSR count).